The lowest BCUT2D eigenvalue weighted by Crippen LogP contribution is -2.05. The lowest BCUT2D eigenvalue weighted by molar-refractivity contribution is 0.142. The van der Waals surface area contributed by atoms with E-state index in [-0.39, 0.29) is 33.3 Å². The van der Waals surface area contributed by atoms with E-state index in [2.05, 4.69) is 40.7 Å². The number of nitrogens with one attached hydrogen (secondary N) is 3. The topological polar surface area (TPSA) is 143 Å². The number of H-pyrrole nitrogens is 1. The van der Waals surface area contributed by atoms with Crippen molar-refractivity contribution in [2.75, 3.05) is 16.9 Å². The summed E-state index contributed by atoms with van der Waals surface area (Å²) in [5.74, 6) is 0.101. The molecule has 40 heavy (non-hydrogen) atoms. The molecule has 0 aliphatic carbocycles. The first-order chi connectivity index (χ1) is 18.8. The molecule has 5 aromatic rings. The Morgan fingerprint density at radius 1 is 0.925 bits per heavy atom. The minimum atomic E-state index is -3.72. The van der Waals surface area contributed by atoms with E-state index in [1.807, 2.05) is 34.7 Å². The number of hydrogen-bond donors (Lipinski definition) is 3. The average Bonchev–Trinajstić information content (AvgIpc) is 3.41. The summed E-state index contributed by atoms with van der Waals surface area (Å²) in [7, 11) is -1.90. The summed E-state index contributed by atoms with van der Waals surface area (Å²) in [4.78, 5) is 19.7. The number of halogens is 2. The predicted molar refractivity (Wildman–Crippen MR) is 148 cm³/mol. The number of hydrogen-bond acceptors (Lipinski definition) is 9. The zero-order valence-corrected chi connectivity index (χ0v) is 23.4. The van der Waals surface area contributed by atoms with Gasteiger partial charge >= 0.3 is 0 Å². The third-order valence-electron chi connectivity index (χ3n) is 6.57. The summed E-state index contributed by atoms with van der Waals surface area (Å²) in [6, 6.07) is 6.54. The largest absolute Gasteiger partial charge is 0.352 e. The molecule has 3 N–H and O–H groups in total. The zero-order chi connectivity index (χ0) is 28.9. The van der Waals surface area contributed by atoms with Crippen molar-refractivity contribution < 1.29 is 17.2 Å². The molecule has 0 aliphatic rings. The highest BCUT2D eigenvalue weighted by molar-refractivity contribution is 7.90. The third kappa shape index (κ3) is 5.09. The van der Waals surface area contributed by atoms with Crippen molar-refractivity contribution in [3.63, 3.8) is 0 Å². The molecule has 0 fully saturated rings. The van der Waals surface area contributed by atoms with Crippen LogP contribution in [0.2, 0.25) is 0 Å². The minimum absolute atomic E-state index is 0.0248. The Kier molecular flexibility index (Phi) is 6.74. The number of aromatic nitrogens is 7. The number of pyridine rings is 1. The van der Waals surface area contributed by atoms with Gasteiger partial charge in [0.15, 0.2) is 21.3 Å². The van der Waals surface area contributed by atoms with Crippen molar-refractivity contribution in [1.82, 2.24) is 34.7 Å². The highest BCUT2D eigenvalue weighted by Gasteiger charge is 2.22. The van der Waals surface area contributed by atoms with E-state index >= 15 is 0 Å². The number of anilines is 4. The molecule has 0 spiro atoms. The van der Waals surface area contributed by atoms with Gasteiger partial charge in [0.25, 0.3) is 6.43 Å². The van der Waals surface area contributed by atoms with E-state index in [0.29, 0.717) is 17.1 Å². The molecule has 0 amide bonds. The Hall–Kier alpha value is -4.46. The van der Waals surface area contributed by atoms with Gasteiger partial charge in [-0.3, -0.25) is 9.67 Å². The van der Waals surface area contributed by atoms with Crippen molar-refractivity contribution in [1.29, 1.82) is 0 Å². The smallest absolute Gasteiger partial charge is 0.295 e. The molecule has 14 heteroatoms. The molecule has 0 radical (unpaired) electrons. The first kappa shape index (κ1) is 27.1. The summed E-state index contributed by atoms with van der Waals surface area (Å²) in [5.41, 5.74) is 5.35. The molecule has 11 nitrogen and oxygen atoms in total. The van der Waals surface area contributed by atoms with Crippen LogP contribution in [-0.4, -0.2) is 49.4 Å². The van der Waals surface area contributed by atoms with Gasteiger partial charge in [-0.15, -0.1) is 0 Å². The predicted octanol–water partition coefficient (Wildman–Crippen LogP) is 5.21. The van der Waals surface area contributed by atoms with Crippen molar-refractivity contribution in [2.45, 2.75) is 39.0 Å². The van der Waals surface area contributed by atoms with Crippen LogP contribution in [0.4, 0.5) is 31.8 Å². The molecule has 1 aromatic carbocycles. The standard InChI is InChI=1S/C26H27F2N9O2S/c1-12-13(2)30-21(11-29-12)32-20-10-18(23-25(33-20)35-26(34-23)24(27)28)31-17-8-7-16(9-19(17)40(6,38)39)22-14(3)36-37(5)15(22)4/h7-11,24H,1-6H3,(H3,30,31,32,33,34,35). The van der Waals surface area contributed by atoms with Gasteiger partial charge in [0.05, 0.1) is 39.5 Å². The number of aromatic amines is 1. The fraction of sp³-hybridized carbons (Fsp3) is 0.269. The second-order valence-corrected chi connectivity index (χ2v) is 11.5. The molecule has 5 rings (SSSR count). The van der Waals surface area contributed by atoms with Crippen LogP contribution in [0, 0.1) is 27.7 Å². The van der Waals surface area contributed by atoms with Crippen molar-refractivity contribution in [2.24, 2.45) is 7.05 Å². The van der Waals surface area contributed by atoms with Crippen LogP contribution in [0.3, 0.4) is 0 Å². The van der Waals surface area contributed by atoms with E-state index in [4.69, 9.17) is 0 Å². The normalized spacial score (nSPS) is 11.9. The molecule has 0 bridgehead atoms. The summed E-state index contributed by atoms with van der Waals surface area (Å²) in [6.45, 7) is 7.40. The minimum Gasteiger partial charge on any atom is -0.352 e. The molecule has 0 saturated heterocycles. The average molecular weight is 568 g/mol. The summed E-state index contributed by atoms with van der Waals surface area (Å²) >= 11 is 0. The van der Waals surface area contributed by atoms with Crippen LogP contribution < -0.4 is 10.6 Å². The van der Waals surface area contributed by atoms with Gasteiger partial charge in [-0.2, -0.15) is 5.10 Å². The van der Waals surface area contributed by atoms with Gasteiger partial charge in [-0.25, -0.2) is 32.2 Å². The number of rotatable bonds is 7. The van der Waals surface area contributed by atoms with Gasteiger partial charge in [0.2, 0.25) is 0 Å². The number of benzene rings is 1. The van der Waals surface area contributed by atoms with Crippen molar-refractivity contribution in [3.05, 3.63) is 59.1 Å². The molecule has 4 heterocycles. The molecule has 0 aliphatic heterocycles. The van der Waals surface area contributed by atoms with E-state index in [1.165, 1.54) is 6.20 Å². The molecule has 0 unspecified atom stereocenters. The lowest BCUT2D eigenvalue weighted by Gasteiger charge is -2.15. The molecule has 0 saturated carbocycles. The highest BCUT2D eigenvalue weighted by atomic mass is 32.2. The number of nitrogens with zero attached hydrogens (tertiary/aromatic N) is 6. The van der Waals surface area contributed by atoms with E-state index in [0.717, 1.165) is 28.9 Å². The number of fused-ring (bicyclic) bond motifs is 1. The van der Waals surface area contributed by atoms with Crippen LogP contribution in [0.25, 0.3) is 22.3 Å². The second-order valence-electron chi connectivity index (χ2n) is 9.50. The Morgan fingerprint density at radius 2 is 1.68 bits per heavy atom. The van der Waals surface area contributed by atoms with Crippen molar-refractivity contribution in [3.8, 4) is 11.1 Å². The summed E-state index contributed by atoms with van der Waals surface area (Å²) in [5, 5.41) is 10.6. The Morgan fingerprint density at radius 3 is 2.30 bits per heavy atom. The maximum absolute atomic E-state index is 13.5. The number of alkyl halides is 2. The summed E-state index contributed by atoms with van der Waals surface area (Å²) < 4.78 is 54.6. The van der Waals surface area contributed by atoms with Gasteiger partial charge in [0.1, 0.15) is 17.2 Å². The quantitative estimate of drug-likeness (QED) is 0.241. The van der Waals surface area contributed by atoms with E-state index in [1.54, 1.807) is 28.9 Å². The van der Waals surface area contributed by atoms with Gasteiger partial charge in [-0.1, -0.05) is 6.07 Å². The third-order valence-corrected chi connectivity index (χ3v) is 7.71. The summed E-state index contributed by atoms with van der Waals surface area (Å²) in [6.07, 6.45) is -0.222. The van der Waals surface area contributed by atoms with Crippen LogP contribution in [0.15, 0.2) is 35.4 Å². The molecular formula is C26H27F2N9O2S. The van der Waals surface area contributed by atoms with Gasteiger partial charge in [-0.05, 0) is 45.4 Å². The fourth-order valence-electron chi connectivity index (χ4n) is 4.43. The van der Waals surface area contributed by atoms with E-state index < -0.39 is 22.1 Å². The first-order valence-electron chi connectivity index (χ1n) is 12.2. The van der Waals surface area contributed by atoms with Gasteiger partial charge in [0, 0.05) is 30.6 Å². The second kappa shape index (κ2) is 9.93. The Bertz CT molecular complexity index is 1880. The Balaban J connectivity index is 1.63. The number of aryl methyl sites for hydroxylation is 4. The highest BCUT2D eigenvalue weighted by Crippen LogP contribution is 2.36. The van der Waals surface area contributed by atoms with Crippen LogP contribution in [-0.2, 0) is 16.9 Å². The molecule has 208 valence electrons. The maximum atomic E-state index is 13.5. The number of sulfone groups is 1. The lowest BCUT2D eigenvalue weighted by atomic mass is 10.0. The van der Waals surface area contributed by atoms with Crippen LogP contribution >= 0.6 is 0 Å². The monoisotopic (exact) mass is 567 g/mol. The van der Waals surface area contributed by atoms with Crippen LogP contribution in [0.5, 0.6) is 0 Å². The van der Waals surface area contributed by atoms with Crippen molar-refractivity contribution >= 4 is 44.0 Å². The van der Waals surface area contributed by atoms with Crippen LogP contribution in [0.1, 0.15) is 35.0 Å². The molecule has 0 atom stereocenters. The first-order valence-corrected chi connectivity index (χ1v) is 14.1. The molecule has 4 aromatic heterocycles. The fourth-order valence-corrected chi connectivity index (χ4v) is 5.29. The van der Waals surface area contributed by atoms with E-state index in [9.17, 15) is 17.2 Å². The molecular weight excluding hydrogens is 540 g/mol. The zero-order valence-electron chi connectivity index (χ0n) is 22.6. The maximum Gasteiger partial charge on any atom is 0.295 e. The number of imidazole rings is 1. The van der Waals surface area contributed by atoms with Gasteiger partial charge < -0.3 is 15.6 Å². The SMILES string of the molecule is Cc1ncc(Nc2cc(Nc3ccc(-c4c(C)nn(C)c4C)cc3S(C)(=O)=O)c3nc(C(F)F)[nH]c3n2)nc1C. The Labute approximate surface area is 229 Å².